The zero-order valence-corrected chi connectivity index (χ0v) is 13.6. The van der Waals surface area contributed by atoms with E-state index in [4.69, 9.17) is 0 Å². The molecule has 1 aliphatic heterocycles. The number of nitrogens with zero attached hydrogens (tertiary/aromatic N) is 1. The van der Waals surface area contributed by atoms with Gasteiger partial charge in [0.1, 0.15) is 5.75 Å². The van der Waals surface area contributed by atoms with Crippen molar-refractivity contribution >= 4 is 28.6 Å². The first-order valence-electron chi connectivity index (χ1n) is 8.13. The van der Waals surface area contributed by atoms with Crippen LogP contribution in [0.4, 0.5) is 5.69 Å². The second kappa shape index (κ2) is 5.89. The van der Waals surface area contributed by atoms with Crippen molar-refractivity contribution in [2.45, 2.75) is 6.04 Å². The van der Waals surface area contributed by atoms with E-state index >= 15 is 0 Å². The van der Waals surface area contributed by atoms with Gasteiger partial charge in [-0.05, 0) is 28.6 Å². The number of fused-ring (bicyclic) bond motifs is 2. The standard InChI is InChI=1S/C22H19NO/c1-23-18(14-11-17-6-2-5-9-21(17)23)13-10-16-12-15-22(24)20-8-4-3-7-19(16)20/h2-15,18,24H,1H3/b13-10+. The Labute approximate surface area is 142 Å². The fourth-order valence-electron chi connectivity index (χ4n) is 3.29. The maximum atomic E-state index is 10.0. The van der Waals surface area contributed by atoms with Crippen molar-refractivity contribution in [1.82, 2.24) is 0 Å². The number of rotatable bonds is 2. The fraction of sp³-hybridized carbons (Fsp3) is 0.0909. The molecule has 2 heteroatoms. The summed E-state index contributed by atoms with van der Waals surface area (Å²) in [4.78, 5) is 2.27. The van der Waals surface area contributed by atoms with Gasteiger partial charge in [-0.15, -0.1) is 0 Å². The summed E-state index contributed by atoms with van der Waals surface area (Å²) in [7, 11) is 2.12. The van der Waals surface area contributed by atoms with Crippen LogP contribution in [0.5, 0.6) is 5.75 Å². The van der Waals surface area contributed by atoms with Crippen molar-refractivity contribution in [3.05, 3.63) is 83.9 Å². The highest BCUT2D eigenvalue weighted by Crippen LogP contribution is 2.30. The van der Waals surface area contributed by atoms with Gasteiger partial charge in [0.25, 0.3) is 0 Å². The lowest BCUT2D eigenvalue weighted by atomic mass is 10.0. The van der Waals surface area contributed by atoms with Gasteiger partial charge in [0, 0.05) is 18.1 Å². The second-order valence-corrected chi connectivity index (χ2v) is 6.10. The minimum Gasteiger partial charge on any atom is -0.507 e. The molecule has 4 rings (SSSR count). The minimum atomic E-state index is 0.215. The summed E-state index contributed by atoms with van der Waals surface area (Å²) in [5.41, 5.74) is 3.61. The van der Waals surface area contributed by atoms with Crippen molar-refractivity contribution in [2.75, 3.05) is 11.9 Å². The van der Waals surface area contributed by atoms with E-state index in [1.807, 2.05) is 30.3 Å². The minimum absolute atomic E-state index is 0.215. The van der Waals surface area contributed by atoms with Crippen LogP contribution in [0.3, 0.4) is 0 Å². The predicted octanol–water partition coefficient (Wildman–Crippen LogP) is 5.09. The predicted molar refractivity (Wildman–Crippen MR) is 102 cm³/mol. The fourth-order valence-corrected chi connectivity index (χ4v) is 3.29. The van der Waals surface area contributed by atoms with Gasteiger partial charge >= 0.3 is 0 Å². The Morgan fingerprint density at radius 3 is 2.54 bits per heavy atom. The number of hydrogen-bond donors (Lipinski definition) is 1. The van der Waals surface area contributed by atoms with Gasteiger partial charge in [-0.2, -0.15) is 0 Å². The van der Waals surface area contributed by atoms with Crippen LogP contribution in [0.2, 0.25) is 0 Å². The van der Waals surface area contributed by atoms with E-state index in [0.717, 1.165) is 16.3 Å². The highest BCUT2D eigenvalue weighted by atomic mass is 16.3. The van der Waals surface area contributed by atoms with Crippen LogP contribution in [-0.2, 0) is 0 Å². The van der Waals surface area contributed by atoms with Crippen molar-refractivity contribution in [3.63, 3.8) is 0 Å². The first kappa shape index (κ1) is 14.6. The summed E-state index contributed by atoms with van der Waals surface area (Å²) >= 11 is 0. The molecule has 24 heavy (non-hydrogen) atoms. The molecule has 1 heterocycles. The summed E-state index contributed by atoms with van der Waals surface area (Å²) in [5, 5.41) is 12.0. The van der Waals surface area contributed by atoms with E-state index in [9.17, 15) is 5.11 Å². The van der Waals surface area contributed by atoms with Gasteiger partial charge in [-0.1, -0.05) is 72.8 Å². The largest absolute Gasteiger partial charge is 0.507 e. The Morgan fingerprint density at radius 2 is 1.67 bits per heavy atom. The zero-order chi connectivity index (χ0) is 16.5. The average molecular weight is 313 g/mol. The Balaban J connectivity index is 1.69. The number of anilines is 1. The number of phenolic OH excluding ortho intramolecular Hbond substituents is 1. The Hall–Kier alpha value is -3.00. The Morgan fingerprint density at radius 1 is 0.917 bits per heavy atom. The molecule has 0 saturated heterocycles. The lowest BCUT2D eigenvalue weighted by molar-refractivity contribution is 0.481. The molecule has 118 valence electrons. The average Bonchev–Trinajstić information content (AvgIpc) is 2.63. The lowest BCUT2D eigenvalue weighted by Crippen LogP contribution is -2.30. The molecule has 0 radical (unpaired) electrons. The number of para-hydroxylation sites is 1. The van der Waals surface area contributed by atoms with Crippen LogP contribution >= 0.6 is 0 Å². The van der Waals surface area contributed by atoms with Gasteiger partial charge in [0.15, 0.2) is 0 Å². The molecule has 0 spiro atoms. The van der Waals surface area contributed by atoms with Crippen molar-refractivity contribution in [1.29, 1.82) is 0 Å². The number of likely N-dealkylation sites (N-methyl/N-ethyl adjacent to an activating group) is 1. The Kier molecular flexibility index (Phi) is 3.58. The van der Waals surface area contributed by atoms with Gasteiger partial charge in [-0.3, -0.25) is 0 Å². The van der Waals surface area contributed by atoms with Crippen LogP contribution in [0, 0.1) is 0 Å². The molecule has 0 aliphatic carbocycles. The Bertz CT molecular complexity index is 955. The van der Waals surface area contributed by atoms with Crippen molar-refractivity contribution in [2.24, 2.45) is 0 Å². The summed E-state index contributed by atoms with van der Waals surface area (Å²) < 4.78 is 0. The molecule has 1 aliphatic rings. The van der Waals surface area contributed by atoms with E-state index < -0.39 is 0 Å². The molecule has 2 nitrogen and oxygen atoms in total. The van der Waals surface area contributed by atoms with Crippen LogP contribution < -0.4 is 4.90 Å². The van der Waals surface area contributed by atoms with Gasteiger partial charge in [0.05, 0.1) is 6.04 Å². The van der Waals surface area contributed by atoms with Gasteiger partial charge in [-0.25, -0.2) is 0 Å². The van der Waals surface area contributed by atoms with E-state index in [0.29, 0.717) is 5.75 Å². The molecule has 0 fully saturated rings. The number of benzene rings is 3. The molecular weight excluding hydrogens is 294 g/mol. The van der Waals surface area contributed by atoms with E-state index in [2.05, 4.69) is 60.5 Å². The monoisotopic (exact) mass is 313 g/mol. The van der Waals surface area contributed by atoms with Crippen LogP contribution in [-0.4, -0.2) is 18.2 Å². The van der Waals surface area contributed by atoms with Gasteiger partial charge < -0.3 is 10.0 Å². The lowest BCUT2D eigenvalue weighted by Gasteiger charge is -2.30. The quantitative estimate of drug-likeness (QED) is 0.712. The first-order valence-corrected chi connectivity index (χ1v) is 8.13. The summed E-state index contributed by atoms with van der Waals surface area (Å²) in [6.07, 6.45) is 8.73. The molecule has 3 aromatic carbocycles. The number of hydrogen-bond acceptors (Lipinski definition) is 2. The molecule has 0 saturated carbocycles. The van der Waals surface area contributed by atoms with E-state index in [-0.39, 0.29) is 6.04 Å². The van der Waals surface area contributed by atoms with E-state index in [1.165, 1.54) is 11.3 Å². The number of phenols is 1. The summed E-state index contributed by atoms with van der Waals surface area (Å²) in [6, 6.07) is 20.3. The molecule has 0 bridgehead atoms. The highest BCUT2D eigenvalue weighted by Gasteiger charge is 2.16. The highest BCUT2D eigenvalue weighted by molar-refractivity contribution is 5.94. The molecule has 1 unspecified atom stereocenters. The normalized spacial score (nSPS) is 16.7. The number of aromatic hydroxyl groups is 1. The third-order valence-electron chi connectivity index (χ3n) is 4.64. The van der Waals surface area contributed by atoms with Crippen molar-refractivity contribution < 1.29 is 5.11 Å². The molecule has 0 aromatic heterocycles. The van der Waals surface area contributed by atoms with Crippen LogP contribution in [0.15, 0.2) is 72.8 Å². The molecule has 0 amide bonds. The van der Waals surface area contributed by atoms with Crippen LogP contribution in [0.1, 0.15) is 11.1 Å². The molecular formula is C22H19NO. The topological polar surface area (TPSA) is 23.5 Å². The molecule has 1 N–H and O–H groups in total. The van der Waals surface area contributed by atoms with Gasteiger partial charge in [0.2, 0.25) is 0 Å². The summed E-state index contributed by atoms with van der Waals surface area (Å²) in [6.45, 7) is 0. The zero-order valence-electron chi connectivity index (χ0n) is 13.6. The third kappa shape index (κ3) is 2.46. The SMILES string of the molecule is CN1c2ccccc2C=CC1/C=C/c1ccc(O)c2ccccc12. The van der Waals surface area contributed by atoms with Crippen molar-refractivity contribution in [3.8, 4) is 5.75 Å². The van der Waals surface area contributed by atoms with E-state index in [1.54, 1.807) is 6.07 Å². The summed E-state index contributed by atoms with van der Waals surface area (Å²) in [5.74, 6) is 0.325. The maximum Gasteiger partial charge on any atom is 0.123 e. The third-order valence-corrected chi connectivity index (χ3v) is 4.64. The smallest absolute Gasteiger partial charge is 0.123 e. The molecule has 3 aromatic rings. The maximum absolute atomic E-state index is 10.0. The van der Waals surface area contributed by atoms with Crippen LogP contribution in [0.25, 0.3) is 22.9 Å². The second-order valence-electron chi connectivity index (χ2n) is 6.10. The first-order chi connectivity index (χ1) is 11.7. The molecule has 1 atom stereocenters.